The molecular weight excluding hydrogens is 474 g/mol. The van der Waals surface area contributed by atoms with E-state index in [0.717, 1.165) is 34.8 Å². The van der Waals surface area contributed by atoms with Gasteiger partial charge >= 0.3 is 0 Å². The molecule has 0 saturated heterocycles. The van der Waals surface area contributed by atoms with Crippen molar-refractivity contribution in [3.63, 3.8) is 0 Å². The van der Waals surface area contributed by atoms with Crippen molar-refractivity contribution < 1.29 is 14.0 Å². The van der Waals surface area contributed by atoms with Crippen molar-refractivity contribution in [1.82, 2.24) is 14.7 Å². The molecule has 184 valence electrons. The third-order valence-electron chi connectivity index (χ3n) is 5.94. The first-order valence-corrected chi connectivity index (χ1v) is 13.0. The second kappa shape index (κ2) is 11.4. The van der Waals surface area contributed by atoms with Crippen LogP contribution in [0.5, 0.6) is 5.75 Å². The molecule has 0 aliphatic carbocycles. The van der Waals surface area contributed by atoms with E-state index in [1.54, 1.807) is 23.9 Å². The van der Waals surface area contributed by atoms with Gasteiger partial charge in [-0.15, -0.1) is 0 Å². The SMILES string of the molecule is COCCOc1cccc(Cn2cc(-c3noc(-c4ccc(C5=CCSCC5)cc4)n3)ccc2=O)c1. The summed E-state index contributed by atoms with van der Waals surface area (Å²) in [5.74, 6) is 3.85. The quantitative estimate of drug-likeness (QED) is 0.293. The molecule has 4 aromatic rings. The molecular formula is C28H27N3O4S. The fourth-order valence-corrected chi connectivity index (χ4v) is 4.88. The summed E-state index contributed by atoms with van der Waals surface area (Å²) < 4.78 is 17.9. The number of thioether (sulfide) groups is 1. The number of aromatic nitrogens is 3. The fraction of sp³-hybridized carbons (Fsp3) is 0.250. The monoisotopic (exact) mass is 501 g/mol. The number of allylic oxidation sites excluding steroid dienone is 1. The van der Waals surface area contributed by atoms with Gasteiger partial charge in [-0.3, -0.25) is 4.79 Å². The number of hydrogen-bond acceptors (Lipinski definition) is 7. The Hall–Kier alpha value is -3.62. The van der Waals surface area contributed by atoms with Gasteiger partial charge in [-0.1, -0.05) is 35.5 Å². The van der Waals surface area contributed by atoms with Gasteiger partial charge in [0.15, 0.2) is 0 Å². The van der Waals surface area contributed by atoms with Gasteiger partial charge in [0.25, 0.3) is 11.4 Å². The Bertz CT molecular complexity index is 1410. The molecule has 0 unspecified atom stereocenters. The van der Waals surface area contributed by atoms with E-state index < -0.39 is 0 Å². The molecule has 0 N–H and O–H groups in total. The van der Waals surface area contributed by atoms with Crippen LogP contribution < -0.4 is 10.3 Å². The topological polar surface area (TPSA) is 79.4 Å². The average molecular weight is 502 g/mol. The zero-order chi connectivity index (χ0) is 24.7. The summed E-state index contributed by atoms with van der Waals surface area (Å²) in [6.45, 7) is 1.38. The number of methoxy groups -OCH3 is 1. The number of nitrogens with zero attached hydrogens (tertiary/aromatic N) is 3. The Morgan fingerprint density at radius 3 is 2.67 bits per heavy atom. The molecule has 0 atom stereocenters. The van der Waals surface area contributed by atoms with Gasteiger partial charge in [0.2, 0.25) is 5.82 Å². The van der Waals surface area contributed by atoms with Crippen LogP contribution in [0, 0.1) is 0 Å². The number of rotatable bonds is 9. The third kappa shape index (κ3) is 5.78. The summed E-state index contributed by atoms with van der Waals surface area (Å²) in [5, 5.41) is 4.16. The van der Waals surface area contributed by atoms with E-state index in [-0.39, 0.29) is 5.56 Å². The van der Waals surface area contributed by atoms with Gasteiger partial charge < -0.3 is 18.6 Å². The lowest BCUT2D eigenvalue weighted by molar-refractivity contribution is 0.146. The third-order valence-corrected chi connectivity index (χ3v) is 6.84. The molecule has 0 bridgehead atoms. The predicted octanol–water partition coefficient (Wildman–Crippen LogP) is 5.16. The number of hydrogen-bond donors (Lipinski definition) is 0. The largest absolute Gasteiger partial charge is 0.491 e. The molecule has 3 heterocycles. The van der Waals surface area contributed by atoms with Crippen molar-refractivity contribution in [1.29, 1.82) is 0 Å². The fourth-order valence-electron chi connectivity index (χ4n) is 4.03. The molecule has 0 fully saturated rings. The van der Waals surface area contributed by atoms with Gasteiger partial charge in [-0.2, -0.15) is 16.7 Å². The Kier molecular flexibility index (Phi) is 7.64. The lowest BCUT2D eigenvalue weighted by atomic mass is 10.0. The number of ether oxygens (including phenoxy) is 2. The average Bonchev–Trinajstić information content (AvgIpc) is 3.41. The molecule has 2 aromatic heterocycles. The summed E-state index contributed by atoms with van der Waals surface area (Å²) in [6.07, 6.45) is 5.15. The summed E-state index contributed by atoms with van der Waals surface area (Å²) in [6, 6.07) is 19.2. The predicted molar refractivity (Wildman–Crippen MR) is 142 cm³/mol. The minimum Gasteiger partial charge on any atom is -0.491 e. The van der Waals surface area contributed by atoms with Gasteiger partial charge in [0, 0.05) is 36.3 Å². The van der Waals surface area contributed by atoms with E-state index in [9.17, 15) is 4.79 Å². The number of benzene rings is 2. The standard InChI is InChI=1S/C28H27N3O4S/c1-33-13-14-34-25-4-2-3-20(17-25)18-31-19-24(9-10-26(31)32)27-29-28(35-30-27)23-7-5-21(6-8-23)22-11-15-36-16-12-22/h2-11,17,19H,12-16,18H2,1H3. The van der Waals surface area contributed by atoms with E-state index in [4.69, 9.17) is 14.0 Å². The molecule has 2 aromatic carbocycles. The van der Waals surface area contributed by atoms with Crippen molar-refractivity contribution in [2.45, 2.75) is 13.0 Å². The Morgan fingerprint density at radius 2 is 1.86 bits per heavy atom. The highest BCUT2D eigenvalue weighted by molar-refractivity contribution is 7.99. The van der Waals surface area contributed by atoms with Crippen LogP contribution in [0.4, 0.5) is 0 Å². The molecule has 7 nitrogen and oxygen atoms in total. The van der Waals surface area contributed by atoms with Crippen LogP contribution in [-0.4, -0.2) is 46.5 Å². The van der Waals surface area contributed by atoms with Crippen LogP contribution >= 0.6 is 11.8 Å². The smallest absolute Gasteiger partial charge is 0.258 e. The Labute approximate surface area is 213 Å². The van der Waals surface area contributed by atoms with E-state index in [0.29, 0.717) is 37.0 Å². The van der Waals surface area contributed by atoms with Crippen LogP contribution in [-0.2, 0) is 11.3 Å². The molecule has 36 heavy (non-hydrogen) atoms. The maximum Gasteiger partial charge on any atom is 0.258 e. The highest BCUT2D eigenvalue weighted by Crippen LogP contribution is 2.28. The van der Waals surface area contributed by atoms with Gasteiger partial charge in [-0.05, 0) is 59.2 Å². The maximum absolute atomic E-state index is 12.5. The lowest BCUT2D eigenvalue weighted by Gasteiger charge is -2.12. The molecule has 0 saturated carbocycles. The van der Waals surface area contributed by atoms with Crippen LogP contribution in [0.25, 0.3) is 28.4 Å². The first kappa shape index (κ1) is 24.1. The Morgan fingerprint density at radius 1 is 1.03 bits per heavy atom. The molecule has 5 rings (SSSR count). The van der Waals surface area contributed by atoms with Crippen LogP contribution in [0.3, 0.4) is 0 Å². The van der Waals surface area contributed by atoms with Crippen molar-refractivity contribution >= 4 is 17.3 Å². The zero-order valence-corrected chi connectivity index (χ0v) is 20.9. The maximum atomic E-state index is 12.5. The van der Waals surface area contributed by atoms with Crippen LogP contribution in [0.1, 0.15) is 17.5 Å². The van der Waals surface area contributed by atoms with Crippen molar-refractivity contribution in [3.8, 4) is 28.6 Å². The second-order valence-corrected chi connectivity index (χ2v) is 9.58. The Balaban J connectivity index is 1.32. The van der Waals surface area contributed by atoms with E-state index in [2.05, 4.69) is 28.3 Å². The molecule has 0 amide bonds. The summed E-state index contributed by atoms with van der Waals surface area (Å²) in [5.41, 5.74) is 5.03. The first-order valence-electron chi connectivity index (χ1n) is 11.8. The minimum absolute atomic E-state index is 0.112. The van der Waals surface area contributed by atoms with Gasteiger partial charge in [0.1, 0.15) is 12.4 Å². The highest BCUT2D eigenvalue weighted by Gasteiger charge is 2.13. The van der Waals surface area contributed by atoms with Gasteiger partial charge in [0.05, 0.1) is 13.2 Å². The van der Waals surface area contributed by atoms with Crippen LogP contribution in [0.15, 0.2) is 82.3 Å². The first-order chi connectivity index (χ1) is 17.7. The van der Waals surface area contributed by atoms with Crippen molar-refractivity contribution in [3.05, 3.63) is 94.4 Å². The second-order valence-electron chi connectivity index (χ2n) is 8.43. The molecule has 1 aliphatic heterocycles. The van der Waals surface area contributed by atoms with E-state index in [1.165, 1.54) is 17.2 Å². The normalized spacial score (nSPS) is 13.4. The number of pyridine rings is 1. The van der Waals surface area contributed by atoms with E-state index in [1.807, 2.05) is 48.2 Å². The summed E-state index contributed by atoms with van der Waals surface area (Å²) >= 11 is 1.96. The molecule has 1 aliphatic rings. The zero-order valence-electron chi connectivity index (χ0n) is 20.1. The van der Waals surface area contributed by atoms with Crippen molar-refractivity contribution in [2.75, 3.05) is 31.8 Å². The van der Waals surface area contributed by atoms with E-state index >= 15 is 0 Å². The summed E-state index contributed by atoms with van der Waals surface area (Å²) in [4.78, 5) is 17.1. The van der Waals surface area contributed by atoms with Crippen molar-refractivity contribution in [2.24, 2.45) is 0 Å². The summed E-state index contributed by atoms with van der Waals surface area (Å²) in [7, 11) is 1.64. The lowest BCUT2D eigenvalue weighted by Crippen LogP contribution is -2.19. The molecule has 0 spiro atoms. The van der Waals surface area contributed by atoms with Crippen LogP contribution in [0.2, 0.25) is 0 Å². The molecule has 0 radical (unpaired) electrons. The van der Waals surface area contributed by atoms with Gasteiger partial charge in [-0.25, -0.2) is 0 Å². The molecule has 8 heteroatoms. The highest BCUT2D eigenvalue weighted by atomic mass is 32.2. The minimum atomic E-state index is -0.112.